The molecule has 1 amide bonds. The fourth-order valence-electron chi connectivity index (χ4n) is 2.37. The molecule has 0 bridgehead atoms. The van der Waals surface area contributed by atoms with Gasteiger partial charge in [0.05, 0.1) is 10.8 Å². The Bertz CT molecular complexity index is 870. The predicted molar refractivity (Wildman–Crippen MR) is 102 cm³/mol. The molecule has 1 atom stereocenters. The number of pyridine rings is 1. The molecule has 26 heavy (non-hydrogen) atoms. The average Bonchev–Trinajstić information content (AvgIpc) is 2.60. The van der Waals surface area contributed by atoms with Crippen molar-refractivity contribution in [3.8, 4) is 6.07 Å². The van der Waals surface area contributed by atoms with E-state index in [0.29, 0.717) is 28.4 Å². The van der Waals surface area contributed by atoms with E-state index in [0.717, 1.165) is 5.56 Å². The van der Waals surface area contributed by atoms with Crippen LogP contribution >= 0.6 is 11.8 Å². The van der Waals surface area contributed by atoms with Crippen LogP contribution in [0, 0.1) is 25.2 Å². The lowest BCUT2D eigenvalue weighted by molar-refractivity contribution is -0.120. The molecule has 1 heterocycles. The Morgan fingerprint density at radius 1 is 1.27 bits per heavy atom. The molecule has 5 nitrogen and oxygen atoms in total. The third kappa shape index (κ3) is 4.93. The number of amides is 1. The van der Waals surface area contributed by atoms with Gasteiger partial charge in [0.2, 0.25) is 5.91 Å². The number of hydrogen-bond acceptors (Lipinski definition) is 5. The number of thioether (sulfide) groups is 1. The Morgan fingerprint density at radius 3 is 2.50 bits per heavy atom. The van der Waals surface area contributed by atoms with Crippen molar-refractivity contribution >= 4 is 23.5 Å². The number of ketones is 1. The van der Waals surface area contributed by atoms with Gasteiger partial charge in [0.15, 0.2) is 5.78 Å². The van der Waals surface area contributed by atoms with E-state index in [1.165, 1.54) is 24.2 Å². The number of Topliss-reactive ketones (excluding diaryl/α,β-unsaturated/α-hetero) is 1. The van der Waals surface area contributed by atoms with Crippen LogP contribution in [0.4, 0.5) is 0 Å². The molecule has 0 saturated heterocycles. The maximum absolute atomic E-state index is 12.4. The van der Waals surface area contributed by atoms with Crippen LogP contribution in [0.3, 0.4) is 0 Å². The van der Waals surface area contributed by atoms with Crippen molar-refractivity contribution in [1.29, 1.82) is 5.26 Å². The van der Waals surface area contributed by atoms with Gasteiger partial charge < -0.3 is 5.32 Å². The molecule has 1 aromatic heterocycles. The molecule has 0 spiro atoms. The van der Waals surface area contributed by atoms with Crippen molar-refractivity contribution in [3.05, 3.63) is 58.3 Å². The number of benzene rings is 1. The summed E-state index contributed by atoms with van der Waals surface area (Å²) < 4.78 is 0. The van der Waals surface area contributed by atoms with Gasteiger partial charge in [-0.2, -0.15) is 5.26 Å². The predicted octanol–water partition coefficient (Wildman–Crippen LogP) is 3.57. The molecule has 0 aliphatic heterocycles. The summed E-state index contributed by atoms with van der Waals surface area (Å²) in [4.78, 5) is 28.3. The summed E-state index contributed by atoms with van der Waals surface area (Å²) in [5.74, 6) is -0.262. The van der Waals surface area contributed by atoms with Gasteiger partial charge in [-0.05, 0) is 39.3 Å². The zero-order chi connectivity index (χ0) is 19.3. The summed E-state index contributed by atoms with van der Waals surface area (Å²) in [6.07, 6.45) is 0. The summed E-state index contributed by atoms with van der Waals surface area (Å²) in [7, 11) is 0. The van der Waals surface area contributed by atoms with E-state index in [-0.39, 0.29) is 11.7 Å². The molecule has 134 valence electrons. The minimum atomic E-state index is -0.414. The first-order valence-corrected chi connectivity index (χ1v) is 9.12. The second kappa shape index (κ2) is 8.63. The lowest BCUT2D eigenvalue weighted by Crippen LogP contribution is -2.30. The topological polar surface area (TPSA) is 82.8 Å². The van der Waals surface area contributed by atoms with Crippen LogP contribution in [0.1, 0.15) is 46.6 Å². The second-order valence-electron chi connectivity index (χ2n) is 6.11. The first-order chi connectivity index (χ1) is 12.3. The fraction of sp³-hybridized carbons (Fsp3) is 0.300. The maximum atomic E-state index is 12.4. The molecule has 0 saturated carbocycles. The molecule has 1 aromatic carbocycles. The molecular formula is C20H21N3O2S. The number of nitrogens with zero attached hydrogens (tertiary/aromatic N) is 2. The van der Waals surface area contributed by atoms with Crippen molar-refractivity contribution in [2.45, 2.75) is 44.5 Å². The van der Waals surface area contributed by atoms with E-state index < -0.39 is 5.25 Å². The number of hydrogen-bond donors (Lipinski definition) is 1. The van der Waals surface area contributed by atoms with E-state index in [4.69, 9.17) is 0 Å². The number of aryl methyl sites for hydroxylation is 2. The molecule has 1 N–H and O–H groups in total. The Hall–Kier alpha value is -2.65. The highest BCUT2D eigenvalue weighted by atomic mass is 32.2. The van der Waals surface area contributed by atoms with Crippen LogP contribution in [0.25, 0.3) is 0 Å². The third-order valence-corrected chi connectivity index (χ3v) is 5.02. The van der Waals surface area contributed by atoms with Crippen LogP contribution in [0.2, 0.25) is 0 Å². The highest BCUT2D eigenvalue weighted by Crippen LogP contribution is 2.27. The molecule has 2 rings (SSSR count). The summed E-state index contributed by atoms with van der Waals surface area (Å²) in [6, 6.07) is 11.6. The van der Waals surface area contributed by atoms with Crippen LogP contribution in [0.5, 0.6) is 0 Å². The van der Waals surface area contributed by atoms with Crippen molar-refractivity contribution < 1.29 is 9.59 Å². The van der Waals surface area contributed by atoms with Gasteiger partial charge >= 0.3 is 0 Å². The van der Waals surface area contributed by atoms with Gasteiger partial charge in [-0.25, -0.2) is 4.98 Å². The van der Waals surface area contributed by atoms with E-state index in [2.05, 4.69) is 16.4 Å². The molecule has 0 aliphatic carbocycles. The van der Waals surface area contributed by atoms with Crippen molar-refractivity contribution in [2.75, 3.05) is 0 Å². The van der Waals surface area contributed by atoms with Crippen molar-refractivity contribution in [2.24, 2.45) is 0 Å². The van der Waals surface area contributed by atoms with Gasteiger partial charge in [-0.3, -0.25) is 9.59 Å². The first-order valence-electron chi connectivity index (χ1n) is 8.24. The van der Waals surface area contributed by atoms with Crippen molar-refractivity contribution in [3.63, 3.8) is 0 Å². The molecule has 1 unspecified atom stereocenters. The lowest BCUT2D eigenvalue weighted by atomic mass is 10.1. The Balaban J connectivity index is 2.06. The summed E-state index contributed by atoms with van der Waals surface area (Å²) in [5.41, 5.74) is 3.50. The van der Waals surface area contributed by atoms with E-state index in [9.17, 15) is 14.9 Å². The molecule has 6 heteroatoms. The molecule has 0 aliphatic rings. The fourth-order valence-corrected chi connectivity index (χ4v) is 3.32. The zero-order valence-corrected chi connectivity index (χ0v) is 16.1. The molecular weight excluding hydrogens is 346 g/mol. The third-order valence-electron chi connectivity index (χ3n) is 3.92. The second-order valence-corrected chi connectivity index (χ2v) is 7.44. The highest BCUT2D eigenvalue weighted by Gasteiger charge is 2.19. The molecule has 2 aromatic rings. The van der Waals surface area contributed by atoms with Crippen LogP contribution in [0.15, 0.2) is 35.4 Å². The van der Waals surface area contributed by atoms with Gasteiger partial charge in [0.25, 0.3) is 0 Å². The molecule has 0 radical (unpaired) electrons. The van der Waals surface area contributed by atoms with Gasteiger partial charge in [-0.1, -0.05) is 41.6 Å². The van der Waals surface area contributed by atoms with Gasteiger partial charge in [0.1, 0.15) is 11.1 Å². The number of nitrogens with one attached hydrogen (secondary N) is 1. The first kappa shape index (κ1) is 19.7. The van der Waals surface area contributed by atoms with Crippen LogP contribution in [-0.4, -0.2) is 21.9 Å². The van der Waals surface area contributed by atoms with E-state index >= 15 is 0 Å². The number of nitriles is 1. The van der Waals surface area contributed by atoms with Crippen LogP contribution in [-0.2, 0) is 11.3 Å². The summed E-state index contributed by atoms with van der Waals surface area (Å²) >= 11 is 1.22. The Morgan fingerprint density at radius 2 is 1.92 bits per heavy atom. The average molecular weight is 367 g/mol. The number of carbonyl (C=O) groups excluding carboxylic acids is 2. The Labute approximate surface area is 157 Å². The minimum absolute atomic E-state index is 0.130. The summed E-state index contributed by atoms with van der Waals surface area (Å²) in [5, 5.41) is 12.3. The normalized spacial score (nSPS) is 11.5. The SMILES string of the molecule is CC(=O)c1cc(C#N)c(SC(C)C(=O)NCc2ccc(C)cc2)nc1C. The largest absolute Gasteiger partial charge is 0.351 e. The molecule has 0 fully saturated rings. The number of carbonyl (C=O) groups is 2. The highest BCUT2D eigenvalue weighted by molar-refractivity contribution is 8.00. The Kier molecular flexibility index (Phi) is 6.53. The van der Waals surface area contributed by atoms with Gasteiger partial charge in [-0.15, -0.1) is 0 Å². The smallest absolute Gasteiger partial charge is 0.233 e. The maximum Gasteiger partial charge on any atom is 0.233 e. The van der Waals surface area contributed by atoms with Crippen molar-refractivity contribution in [1.82, 2.24) is 10.3 Å². The quantitative estimate of drug-likeness (QED) is 0.623. The zero-order valence-electron chi connectivity index (χ0n) is 15.3. The van der Waals surface area contributed by atoms with E-state index in [1.54, 1.807) is 19.9 Å². The number of rotatable bonds is 6. The van der Waals surface area contributed by atoms with Gasteiger partial charge in [0, 0.05) is 17.8 Å². The standard InChI is InChI=1S/C20H21N3O2S/c1-12-5-7-16(8-6-12)11-22-19(25)15(4)26-20-17(10-21)9-18(14(3)24)13(2)23-20/h5-9,15H,11H2,1-4H3,(H,22,25). The lowest BCUT2D eigenvalue weighted by Gasteiger charge is -2.13. The van der Waals surface area contributed by atoms with Crippen LogP contribution < -0.4 is 5.32 Å². The summed E-state index contributed by atoms with van der Waals surface area (Å²) in [6.45, 7) is 7.40. The minimum Gasteiger partial charge on any atom is -0.351 e. The van der Waals surface area contributed by atoms with E-state index in [1.807, 2.05) is 31.2 Å². The monoisotopic (exact) mass is 367 g/mol. The number of aromatic nitrogens is 1.